The van der Waals surface area contributed by atoms with E-state index in [-0.39, 0.29) is 40.5 Å². The molecule has 0 unspecified atom stereocenters. The summed E-state index contributed by atoms with van der Waals surface area (Å²) >= 11 is 0. The third-order valence-corrected chi connectivity index (χ3v) is 7.48. The lowest BCUT2D eigenvalue weighted by Crippen LogP contribution is -2.47. The maximum atomic E-state index is 14.3. The summed E-state index contributed by atoms with van der Waals surface area (Å²) in [5, 5.41) is 4.75. The summed E-state index contributed by atoms with van der Waals surface area (Å²) in [6.07, 6.45) is 4.57. The van der Waals surface area contributed by atoms with Crippen LogP contribution in [0.15, 0.2) is 36.7 Å². The maximum absolute atomic E-state index is 14.3. The molecule has 1 aliphatic rings. The van der Waals surface area contributed by atoms with E-state index in [1.165, 1.54) is 41.9 Å². The van der Waals surface area contributed by atoms with Gasteiger partial charge in [0.1, 0.15) is 11.3 Å². The molecule has 200 valence electrons. The number of benzene rings is 1. The zero-order valence-electron chi connectivity index (χ0n) is 21.9. The summed E-state index contributed by atoms with van der Waals surface area (Å²) in [5.41, 5.74) is 3.43. The minimum atomic E-state index is -3.02. The fourth-order valence-electron chi connectivity index (χ4n) is 5.58. The van der Waals surface area contributed by atoms with E-state index in [1.54, 1.807) is 22.7 Å². The van der Waals surface area contributed by atoms with Gasteiger partial charge in [0.25, 0.3) is 11.8 Å². The molecule has 0 aliphatic carbocycles. The van der Waals surface area contributed by atoms with Crippen LogP contribution in [-0.4, -0.2) is 36.0 Å². The number of rotatable bonds is 5. The number of aromatic nitrogens is 4. The number of fused-ring (bicyclic) bond motifs is 2. The number of imidazole rings is 1. The van der Waals surface area contributed by atoms with Crippen molar-refractivity contribution in [3.05, 3.63) is 76.4 Å². The molecule has 1 aliphatic heterocycles. The monoisotopic (exact) mass is 527 g/mol. The van der Waals surface area contributed by atoms with Gasteiger partial charge in [-0.15, -0.1) is 0 Å². The molecule has 0 bridgehead atoms. The molecule has 3 aromatic heterocycles. The number of pyridine rings is 1. The van der Waals surface area contributed by atoms with Crippen molar-refractivity contribution in [1.82, 2.24) is 24.1 Å². The first-order valence-corrected chi connectivity index (χ1v) is 12.7. The number of hydrogen-bond acceptors (Lipinski definition) is 3. The largest absolute Gasteiger partial charge is 0.325 e. The van der Waals surface area contributed by atoms with Gasteiger partial charge in [0, 0.05) is 42.9 Å². The smallest absolute Gasteiger partial charge is 0.273 e. The van der Waals surface area contributed by atoms with Crippen molar-refractivity contribution < 1.29 is 22.4 Å². The van der Waals surface area contributed by atoms with E-state index in [2.05, 4.69) is 4.98 Å². The predicted octanol–water partition coefficient (Wildman–Crippen LogP) is 6.36. The molecular weight excluding hydrogens is 498 g/mol. The van der Waals surface area contributed by atoms with Crippen molar-refractivity contribution in [2.75, 3.05) is 0 Å². The summed E-state index contributed by atoms with van der Waals surface area (Å²) in [7, 11) is 1.76. The molecule has 4 aromatic rings. The Morgan fingerprint density at radius 1 is 1.16 bits per heavy atom. The second-order valence-corrected chi connectivity index (χ2v) is 10.0. The normalized spacial score (nSPS) is 17.8. The lowest BCUT2D eigenvalue weighted by atomic mass is 9.87. The number of carbonyl (C=O) groups is 1. The highest BCUT2D eigenvalue weighted by molar-refractivity contribution is 5.94. The van der Waals surface area contributed by atoms with Crippen LogP contribution in [0.3, 0.4) is 0 Å². The topological polar surface area (TPSA) is 55.4 Å². The van der Waals surface area contributed by atoms with Crippen LogP contribution in [0.5, 0.6) is 0 Å². The lowest BCUT2D eigenvalue weighted by Gasteiger charge is -2.41. The predicted molar refractivity (Wildman–Crippen MR) is 135 cm³/mol. The molecule has 1 aromatic carbocycles. The van der Waals surface area contributed by atoms with E-state index in [4.69, 9.17) is 5.10 Å². The van der Waals surface area contributed by atoms with E-state index in [0.29, 0.717) is 36.2 Å². The third kappa shape index (κ3) is 4.06. The zero-order chi connectivity index (χ0) is 27.5. The first kappa shape index (κ1) is 25.9. The fourth-order valence-corrected chi connectivity index (χ4v) is 5.58. The molecule has 0 fully saturated rings. The number of aryl methyl sites for hydroxylation is 2. The molecular formula is C28H29F4N5O. The Morgan fingerprint density at radius 3 is 2.53 bits per heavy atom. The van der Waals surface area contributed by atoms with Crippen LogP contribution >= 0.6 is 0 Å². The maximum Gasteiger partial charge on any atom is 0.273 e. The minimum Gasteiger partial charge on any atom is -0.325 e. The van der Waals surface area contributed by atoms with E-state index in [0.717, 1.165) is 12.5 Å². The molecule has 0 spiro atoms. The Labute approximate surface area is 217 Å². The highest BCUT2D eigenvalue weighted by Gasteiger charge is 2.41. The number of nitrogens with zero attached hydrogens (tertiary/aromatic N) is 5. The quantitative estimate of drug-likeness (QED) is 0.284. The van der Waals surface area contributed by atoms with Gasteiger partial charge in [0.05, 0.1) is 23.6 Å². The summed E-state index contributed by atoms with van der Waals surface area (Å²) in [5.74, 6) is -5.08. The average molecular weight is 528 g/mol. The Kier molecular flexibility index (Phi) is 6.31. The summed E-state index contributed by atoms with van der Waals surface area (Å²) in [6.45, 7) is 6.30. The molecule has 10 heteroatoms. The van der Waals surface area contributed by atoms with Crippen LogP contribution in [0, 0.1) is 18.6 Å². The molecule has 0 saturated carbocycles. The van der Waals surface area contributed by atoms with Crippen LogP contribution in [0.2, 0.25) is 0 Å². The minimum absolute atomic E-state index is 0.177. The standard InChI is InChI=1S/C28H29F4N5O/c1-6-18-13-19-25(34-35(5)26(19)16-10-15(3)24(30)20(29)11-16)21(7-2)37(18)27(38)22-14-33-23-12-17(28(4,31)32)8-9-36(22)23/h8-12,14,18,21H,6-7,13H2,1-5H3/t18-,21+/m0/s1. The molecule has 4 heterocycles. The van der Waals surface area contributed by atoms with Crippen molar-refractivity contribution in [3.63, 3.8) is 0 Å². The van der Waals surface area contributed by atoms with Crippen molar-refractivity contribution in [1.29, 1.82) is 0 Å². The van der Waals surface area contributed by atoms with Gasteiger partial charge in [-0.05, 0) is 56.0 Å². The summed E-state index contributed by atoms with van der Waals surface area (Å²) in [6, 6.07) is 4.82. The van der Waals surface area contributed by atoms with E-state index in [9.17, 15) is 22.4 Å². The Hall–Kier alpha value is -3.69. The Morgan fingerprint density at radius 2 is 1.89 bits per heavy atom. The highest BCUT2D eigenvalue weighted by atomic mass is 19.3. The second-order valence-electron chi connectivity index (χ2n) is 10.0. The van der Waals surface area contributed by atoms with Crippen molar-refractivity contribution in [2.45, 2.75) is 65.0 Å². The van der Waals surface area contributed by atoms with E-state index >= 15 is 0 Å². The number of alkyl halides is 2. The van der Waals surface area contributed by atoms with Crippen LogP contribution in [-0.2, 0) is 19.4 Å². The second kappa shape index (κ2) is 9.25. The SMILES string of the molecule is CC[C@H]1Cc2c(nn(C)c2-c2cc(C)c(F)c(F)c2)[C@@H](CC)N1C(=O)c1cnc2cc(C(C)(F)F)ccn12. The number of halogens is 4. The van der Waals surface area contributed by atoms with E-state index < -0.39 is 17.6 Å². The Balaban J connectivity index is 1.59. The van der Waals surface area contributed by atoms with Gasteiger partial charge in [-0.25, -0.2) is 22.5 Å². The first-order valence-electron chi connectivity index (χ1n) is 12.7. The number of carbonyl (C=O) groups excluding carboxylic acids is 1. The lowest BCUT2D eigenvalue weighted by molar-refractivity contribution is 0.0175. The number of amides is 1. The van der Waals surface area contributed by atoms with Crippen LogP contribution in [0.25, 0.3) is 16.9 Å². The third-order valence-electron chi connectivity index (χ3n) is 7.48. The summed E-state index contributed by atoms with van der Waals surface area (Å²) in [4.78, 5) is 20.0. The van der Waals surface area contributed by atoms with Gasteiger partial charge in [-0.2, -0.15) is 5.10 Å². The fraction of sp³-hybridized carbons (Fsp3) is 0.393. The van der Waals surface area contributed by atoms with Crippen molar-refractivity contribution in [2.24, 2.45) is 7.05 Å². The average Bonchev–Trinajstić information content (AvgIpc) is 3.44. The van der Waals surface area contributed by atoms with Gasteiger partial charge in [-0.3, -0.25) is 13.9 Å². The van der Waals surface area contributed by atoms with Crippen LogP contribution < -0.4 is 0 Å². The van der Waals surface area contributed by atoms with Gasteiger partial charge in [0.15, 0.2) is 11.6 Å². The molecule has 5 rings (SSSR count). The van der Waals surface area contributed by atoms with E-state index in [1.807, 2.05) is 13.8 Å². The van der Waals surface area contributed by atoms with Crippen molar-refractivity contribution in [3.8, 4) is 11.3 Å². The van der Waals surface area contributed by atoms with Gasteiger partial charge < -0.3 is 4.90 Å². The van der Waals surface area contributed by atoms with Gasteiger partial charge in [0.2, 0.25) is 0 Å². The number of hydrogen-bond donors (Lipinski definition) is 0. The molecule has 0 N–H and O–H groups in total. The molecule has 6 nitrogen and oxygen atoms in total. The molecule has 0 saturated heterocycles. The van der Waals surface area contributed by atoms with Crippen LogP contribution in [0.4, 0.5) is 17.6 Å². The molecule has 0 radical (unpaired) electrons. The van der Waals surface area contributed by atoms with Gasteiger partial charge >= 0.3 is 0 Å². The summed E-state index contributed by atoms with van der Waals surface area (Å²) < 4.78 is 59.2. The molecule has 1 amide bonds. The molecule has 38 heavy (non-hydrogen) atoms. The van der Waals surface area contributed by atoms with Gasteiger partial charge in [-0.1, -0.05) is 13.8 Å². The highest BCUT2D eigenvalue weighted by Crippen LogP contribution is 2.41. The van der Waals surface area contributed by atoms with Crippen molar-refractivity contribution >= 4 is 11.6 Å². The first-order chi connectivity index (χ1) is 18.0. The zero-order valence-corrected chi connectivity index (χ0v) is 21.9. The van der Waals surface area contributed by atoms with Crippen LogP contribution in [0.1, 0.15) is 72.5 Å². The molecule has 2 atom stereocenters. The Bertz CT molecular complexity index is 1530.